The molecule has 0 unspecified atom stereocenters. The molecule has 0 amide bonds. The van der Waals surface area contributed by atoms with E-state index in [1.807, 2.05) is 27.7 Å². The number of carbonyl (C=O) groups excluding carboxylic acids is 1. The van der Waals surface area contributed by atoms with E-state index in [1.165, 1.54) is 6.92 Å². The number of esters is 1. The van der Waals surface area contributed by atoms with Crippen molar-refractivity contribution >= 4 is 29.1 Å². The van der Waals surface area contributed by atoms with Crippen molar-refractivity contribution in [3.05, 3.63) is 22.3 Å². The molecule has 0 radical (unpaired) electrons. The molecule has 1 saturated heterocycles. The summed E-state index contributed by atoms with van der Waals surface area (Å²) in [6.45, 7) is 17.3. The normalized spacial score (nSPS) is 18.4. The first kappa shape index (κ1) is 24.6. The highest BCUT2D eigenvalue weighted by Gasteiger charge is 2.53. The van der Waals surface area contributed by atoms with Gasteiger partial charge in [-0.25, -0.2) is 4.79 Å². The van der Waals surface area contributed by atoms with E-state index in [-0.39, 0.29) is 16.9 Å². The zero-order chi connectivity index (χ0) is 23.4. The minimum Gasteiger partial charge on any atom is -0.456 e. The maximum atomic E-state index is 13.5. The van der Waals surface area contributed by atoms with Crippen LogP contribution in [0.5, 0.6) is 5.75 Å². The van der Waals surface area contributed by atoms with Crippen LogP contribution in [-0.4, -0.2) is 38.3 Å². The lowest BCUT2D eigenvalue weighted by atomic mass is 9.71. The van der Waals surface area contributed by atoms with E-state index in [9.17, 15) is 17.1 Å². The largest absolute Gasteiger partial charge is 0.495 e. The van der Waals surface area contributed by atoms with Crippen LogP contribution in [0.2, 0.25) is 0 Å². The van der Waals surface area contributed by atoms with Crippen LogP contribution in [0, 0.1) is 20.8 Å². The molecule has 0 spiro atoms. The van der Waals surface area contributed by atoms with Crippen molar-refractivity contribution in [3.8, 4) is 5.75 Å². The fraction of sp³-hybridized carbons (Fsp3) is 0.650. The van der Waals surface area contributed by atoms with Gasteiger partial charge in [-0.2, -0.15) is 8.42 Å². The molecule has 30 heavy (non-hydrogen) atoms. The second kappa shape index (κ2) is 7.49. The van der Waals surface area contributed by atoms with Gasteiger partial charge in [0.25, 0.3) is 0 Å². The molecule has 2 rings (SSSR count). The van der Waals surface area contributed by atoms with Crippen molar-refractivity contribution < 1.29 is 35.3 Å². The zero-order valence-corrected chi connectivity index (χ0v) is 20.0. The molecule has 0 aliphatic carbocycles. The van der Waals surface area contributed by atoms with Gasteiger partial charge in [0.2, 0.25) is 0 Å². The first-order chi connectivity index (χ1) is 13.3. The maximum Gasteiger partial charge on any atom is 0.495 e. The van der Waals surface area contributed by atoms with E-state index in [0.29, 0.717) is 16.6 Å². The molecule has 0 N–H and O–H groups in total. The van der Waals surface area contributed by atoms with E-state index < -0.39 is 40.4 Å². The maximum absolute atomic E-state index is 13.5. The van der Waals surface area contributed by atoms with Crippen molar-refractivity contribution in [2.75, 3.05) is 0 Å². The SMILES string of the molecule is Cc1c(OS(=O)(=O)F)c(C)c(C(=O)OC(C)(C)C)c(C)c1B1OC(C)(C)C(C)(C)O1. The van der Waals surface area contributed by atoms with Crippen LogP contribution < -0.4 is 9.65 Å². The second-order valence-electron chi connectivity index (χ2n) is 9.56. The number of rotatable bonds is 4. The van der Waals surface area contributed by atoms with Gasteiger partial charge < -0.3 is 18.2 Å². The van der Waals surface area contributed by atoms with Crippen LogP contribution in [-0.2, 0) is 24.5 Å². The Morgan fingerprint density at radius 3 is 1.83 bits per heavy atom. The monoisotopic (exact) mass is 444 g/mol. The molecule has 1 heterocycles. The van der Waals surface area contributed by atoms with Crippen LogP contribution in [0.3, 0.4) is 0 Å². The van der Waals surface area contributed by atoms with Gasteiger partial charge in [0.1, 0.15) is 5.60 Å². The van der Waals surface area contributed by atoms with E-state index in [4.69, 9.17) is 14.0 Å². The minimum absolute atomic E-state index is 0.0823. The lowest BCUT2D eigenvalue weighted by Gasteiger charge is -2.32. The third-order valence-corrected chi connectivity index (χ3v) is 5.88. The Morgan fingerprint density at radius 2 is 1.43 bits per heavy atom. The Labute approximate surface area is 178 Å². The number of ether oxygens (including phenoxy) is 1. The molecule has 168 valence electrons. The first-order valence-corrected chi connectivity index (χ1v) is 10.9. The molecule has 10 heteroatoms. The van der Waals surface area contributed by atoms with E-state index in [2.05, 4.69) is 4.18 Å². The molecule has 0 atom stereocenters. The van der Waals surface area contributed by atoms with Crippen LogP contribution in [0.1, 0.15) is 75.5 Å². The molecular weight excluding hydrogens is 414 g/mol. The quantitative estimate of drug-likeness (QED) is 0.399. The van der Waals surface area contributed by atoms with Gasteiger partial charge in [0, 0.05) is 5.56 Å². The summed E-state index contributed by atoms with van der Waals surface area (Å²) in [5, 5.41) is 0. The highest BCUT2D eigenvalue weighted by atomic mass is 32.3. The summed E-state index contributed by atoms with van der Waals surface area (Å²) in [4.78, 5) is 13.0. The van der Waals surface area contributed by atoms with Gasteiger partial charge in [-0.05, 0) is 85.8 Å². The lowest BCUT2D eigenvalue weighted by Crippen LogP contribution is -2.41. The molecule has 1 aliphatic rings. The van der Waals surface area contributed by atoms with Crippen LogP contribution in [0.4, 0.5) is 3.89 Å². The third kappa shape index (κ3) is 4.81. The van der Waals surface area contributed by atoms with Crippen molar-refractivity contribution in [3.63, 3.8) is 0 Å². The van der Waals surface area contributed by atoms with Gasteiger partial charge in [0.05, 0.1) is 16.8 Å². The standard InChI is InChI=1S/C20H30BFO7S/c1-11-14(17(23)26-18(4,5)6)12(2)16(27-30(22,24)25)13(3)15(11)21-28-19(7,8)20(9,10)29-21/h1-10H3. The number of benzene rings is 1. The highest BCUT2D eigenvalue weighted by Crippen LogP contribution is 2.39. The molecule has 0 bridgehead atoms. The Hall–Kier alpha value is -1.65. The number of carbonyl (C=O) groups is 1. The van der Waals surface area contributed by atoms with Gasteiger partial charge in [-0.1, -0.05) is 3.89 Å². The second-order valence-corrected chi connectivity index (χ2v) is 10.5. The van der Waals surface area contributed by atoms with Gasteiger partial charge in [-0.15, -0.1) is 0 Å². The molecule has 1 aliphatic heterocycles. The number of halogens is 1. The van der Waals surface area contributed by atoms with Gasteiger partial charge >= 0.3 is 23.6 Å². The van der Waals surface area contributed by atoms with Crippen LogP contribution in [0.15, 0.2) is 0 Å². The summed E-state index contributed by atoms with van der Waals surface area (Å²) in [5.74, 6) is -0.968. The molecule has 1 aromatic carbocycles. The molecule has 7 nitrogen and oxygen atoms in total. The molecule has 1 aromatic rings. The summed E-state index contributed by atoms with van der Waals surface area (Å²) in [5.41, 5.74) is -0.725. The van der Waals surface area contributed by atoms with E-state index in [0.717, 1.165) is 0 Å². The van der Waals surface area contributed by atoms with Crippen molar-refractivity contribution in [2.24, 2.45) is 0 Å². The number of hydrogen-bond donors (Lipinski definition) is 0. The van der Waals surface area contributed by atoms with Crippen LogP contribution >= 0.6 is 0 Å². The molecule has 0 aromatic heterocycles. The molecular formula is C20H30BFO7S. The third-order valence-electron chi connectivity index (χ3n) is 5.51. The summed E-state index contributed by atoms with van der Waals surface area (Å²) in [6.07, 6.45) is 0. The molecule has 1 fully saturated rings. The Kier molecular flexibility index (Phi) is 6.15. The Bertz CT molecular complexity index is 962. The van der Waals surface area contributed by atoms with Crippen molar-refractivity contribution in [1.82, 2.24) is 0 Å². The summed E-state index contributed by atoms with van der Waals surface area (Å²) in [6, 6.07) is 0. The summed E-state index contributed by atoms with van der Waals surface area (Å²) >= 11 is 0. The lowest BCUT2D eigenvalue weighted by molar-refractivity contribution is 0.00578. The summed E-state index contributed by atoms with van der Waals surface area (Å²) in [7, 11) is -6.25. The average Bonchev–Trinajstić information content (AvgIpc) is 2.68. The fourth-order valence-corrected chi connectivity index (χ4v) is 3.84. The summed E-state index contributed by atoms with van der Waals surface area (Å²) < 4.78 is 58.3. The Morgan fingerprint density at radius 1 is 0.967 bits per heavy atom. The topological polar surface area (TPSA) is 88.1 Å². The van der Waals surface area contributed by atoms with Gasteiger partial charge in [0.15, 0.2) is 5.75 Å². The number of hydrogen-bond acceptors (Lipinski definition) is 7. The Balaban J connectivity index is 2.78. The highest BCUT2D eigenvalue weighted by molar-refractivity contribution is 7.81. The van der Waals surface area contributed by atoms with Gasteiger partial charge in [-0.3, -0.25) is 0 Å². The predicted octanol–water partition coefficient (Wildman–Crippen LogP) is 3.46. The van der Waals surface area contributed by atoms with E-state index in [1.54, 1.807) is 34.6 Å². The smallest absolute Gasteiger partial charge is 0.456 e. The van der Waals surface area contributed by atoms with Crippen molar-refractivity contribution in [2.45, 2.75) is 86.0 Å². The minimum atomic E-state index is -5.33. The first-order valence-electron chi connectivity index (χ1n) is 9.64. The van der Waals surface area contributed by atoms with Crippen molar-refractivity contribution in [1.29, 1.82) is 0 Å². The fourth-order valence-electron chi connectivity index (χ4n) is 3.39. The van der Waals surface area contributed by atoms with Crippen LogP contribution in [0.25, 0.3) is 0 Å². The van der Waals surface area contributed by atoms with E-state index >= 15 is 0 Å². The predicted molar refractivity (Wildman–Crippen MR) is 112 cm³/mol. The average molecular weight is 444 g/mol. The molecule has 0 saturated carbocycles. The zero-order valence-electron chi connectivity index (χ0n) is 19.2.